The van der Waals surface area contributed by atoms with Gasteiger partial charge in [0.25, 0.3) is 10.0 Å². The molecule has 43 heavy (non-hydrogen) atoms. The number of pyridine rings is 2. The van der Waals surface area contributed by atoms with E-state index in [9.17, 15) is 21.6 Å². The summed E-state index contributed by atoms with van der Waals surface area (Å²) in [6.45, 7) is 2.87. The van der Waals surface area contributed by atoms with Crippen LogP contribution in [0.15, 0.2) is 71.9 Å². The lowest BCUT2D eigenvalue weighted by molar-refractivity contribution is -0.219. The molecule has 228 valence electrons. The molecule has 0 atom stereocenters. The predicted molar refractivity (Wildman–Crippen MR) is 155 cm³/mol. The summed E-state index contributed by atoms with van der Waals surface area (Å²) in [4.78, 5) is 8.91. The zero-order valence-electron chi connectivity index (χ0n) is 23.6. The van der Waals surface area contributed by atoms with Crippen molar-refractivity contribution in [1.82, 2.24) is 19.7 Å². The normalized spacial score (nSPS) is 15.8. The van der Waals surface area contributed by atoms with E-state index >= 15 is 0 Å². The highest BCUT2D eigenvalue weighted by Crippen LogP contribution is 2.38. The maximum Gasteiger partial charge on any atom is 0.397 e. The van der Waals surface area contributed by atoms with Crippen LogP contribution >= 0.6 is 0 Å². The number of nitrogens with one attached hydrogen (secondary N) is 2. The summed E-state index contributed by atoms with van der Waals surface area (Å²) in [5.41, 5.74) is 0.495. The fourth-order valence-electron chi connectivity index (χ4n) is 4.29. The summed E-state index contributed by atoms with van der Waals surface area (Å²) >= 11 is 0. The van der Waals surface area contributed by atoms with E-state index in [1.54, 1.807) is 24.4 Å². The molecule has 10 nitrogen and oxygen atoms in total. The Hall–Kier alpha value is -4.17. The Morgan fingerprint density at radius 1 is 0.977 bits per heavy atom. The van der Waals surface area contributed by atoms with E-state index in [1.807, 2.05) is 24.3 Å². The van der Waals surface area contributed by atoms with Crippen molar-refractivity contribution in [2.45, 2.75) is 37.9 Å². The lowest BCUT2D eigenvalue weighted by Gasteiger charge is -2.26. The molecule has 1 aliphatic rings. The lowest BCUT2D eigenvalue weighted by atomic mass is 9.94. The van der Waals surface area contributed by atoms with Crippen molar-refractivity contribution in [3.63, 3.8) is 0 Å². The highest BCUT2D eigenvalue weighted by atomic mass is 32.2. The zero-order chi connectivity index (χ0) is 30.7. The Labute approximate surface area is 247 Å². The monoisotopic (exact) mass is 616 g/mol. The van der Waals surface area contributed by atoms with Gasteiger partial charge >= 0.3 is 6.18 Å². The fraction of sp³-hybridized carbons (Fsp3) is 0.345. The first-order valence-electron chi connectivity index (χ1n) is 13.6. The van der Waals surface area contributed by atoms with Crippen LogP contribution in [0.4, 0.5) is 24.8 Å². The molecule has 5 rings (SSSR count). The highest BCUT2D eigenvalue weighted by molar-refractivity contribution is 7.92. The van der Waals surface area contributed by atoms with Gasteiger partial charge in [-0.3, -0.25) is 4.72 Å². The Morgan fingerprint density at radius 3 is 2.60 bits per heavy atom. The van der Waals surface area contributed by atoms with E-state index in [0.717, 1.165) is 31.4 Å². The molecule has 4 aromatic rings. The molecular formula is C29H31F3N6O4S. The fourth-order valence-corrected chi connectivity index (χ4v) is 5.26. The number of hydrogen-bond acceptors (Lipinski definition) is 8. The van der Waals surface area contributed by atoms with Crippen molar-refractivity contribution < 1.29 is 31.1 Å². The van der Waals surface area contributed by atoms with E-state index in [0.29, 0.717) is 43.4 Å². The summed E-state index contributed by atoms with van der Waals surface area (Å²) in [5.74, 6) is 0.447. The van der Waals surface area contributed by atoms with Crippen LogP contribution in [0.3, 0.4) is 0 Å². The average molecular weight is 617 g/mol. The number of aromatic nitrogens is 4. The van der Waals surface area contributed by atoms with Crippen molar-refractivity contribution in [1.29, 1.82) is 0 Å². The van der Waals surface area contributed by atoms with E-state index in [1.165, 1.54) is 22.9 Å². The predicted octanol–water partition coefficient (Wildman–Crippen LogP) is 5.47. The van der Waals surface area contributed by atoms with Gasteiger partial charge in [-0.1, -0.05) is 30.3 Å². The molecule has 0 amide bonds. The first-order valence-corrected chi connectivity index (χ1v) is 15.1. The van der Waals surface area contributed by atoms with Crippen molar-refractivity contribution >= 4 is 21.7 Å². The van der Waals surface area contributed by atoms with Crippen molar-refractivity contribution in [2.75, 3.05) is 36.4 Å². The molecule has 1 aromatic carbocycles. The van der Waals surface area contributed by atoms with E-state index < -0.39 is 28.2 Å². The Balaban J connectivity index is 1.54. The third-order valence-electron chi connectivity index (χ3n) is 6.83. The topological polar surface area (TPSA) is 120 Å². The second kappa shape index (κ2) is 12.2. The third-order valence-corrected chi connectivity index (χ3v) is 8.09. The Bertz CT molecular complexity index is 1690. The van der Waals surface area contributed by atoms with Crippen LogP contribution in [0.1, 0.15) is 25.8 Å². The summed E-state index contributed by atoms with van der Waals surface area (Å²) in [6, 6.07) is 16.8. The molecule has 4 bridgehead atoms. The van der Waals surface area contributed by atoms with Crippen LogP contribution < -0.4 is 14.8 Å². The molecule has 0 radical (unpaired) electrons. The molecule has 2 N–H and O–H groups in total. The number of rotatable bonds is 4. The minimum atomic E-state index is -4.45. The van der Waals surface area contributed by atoms with Crippen LogP contribution in [0.2, 0.25) is 0 Å². The van der Waals surface area contributed by atoms with Gasteiger partial charge in [0, 0.05) is 31.0 Å². The Morgan fingerprint density at radius 2 is 1.79 bits per heavy atom. The van der Waals surface area contributed by atoms with Crippen LogP contribution in [-0.2, 0) is 21.2 Å². The van der Waals surface area contributed by atoms with E-state index in [4.69, 9.17) is 9.47 Å². The number of nitrogens with zero attached hydrogens (tertiary/aromatic N) is 4. The lowest BCUT2D eigenvalue weighted by Crippen LogP contribution is -2.37. The molecule has 0 unspecified atom stereocenters. The molecule has 0 fully saturated rings. The maximum atomic E-state index is 13.3. The molecule has 0 spiro atoms. The third kappa shape index (κ3) is 7.08. The van der Waals surface area contributed by atoms with Crippen LogP contribution in [0.5, 0.6) is 5.88 Å². The molecule has 0 saturated carbocycles. The molecule has 0 saturated heterocycles. The Kier molecular flexibility index (Phi) is 8.60. The van der Waals surface area contributed by atoms with E-state index in [-0.39, 0.29) is 16.7 Å². The molecule has 1 aliphatic heterocycles. The largest absolute Gasteiger partial charge is 0.476 e. The van der Waals surface area contributed by atoms with Crippen LogP contribution in [-0.4, -0.2) is 60.7 Å². The van der Waals surface area contributed by atoms with Gasteiger partial charge in [-0.2, -0.15) is 21.6 Å². The minimum Gasteiger partial charge on any atom is -0.476 e. The molecular weight excluding hydrogens is 585 g/mol. The highest BCUT2D eigenvalue weighted by Gasteiger charge is 2.48. The van der Waals surface area contributed by atoms with Crippen LogP contribution in [0, 0.1) is 5.41 Å². The van der Waals surface area contributed by atoms with Gasteiger partial charge in [-0.15, -0.1) is 5.10 Å². The maximum absolute atomic E-state index is 13.3. The number of alkyl halides is 3. The number of fused-ring (bicyclic) bond motifs is 6. The zero-order valence-corrected chi connectivity index (χ0v) is 24.4. The van der Waals surface area contributed by atoms with Gasteiger partial charge in [0.2, 0.25) is 5.88 Å². The summed E-state index contributed by atoms with van der Waals surface area (Å²) in [6.07, 6.45) is -1.52. The van der Waals surface area contributed by atoms with Gasteiger partial charge in [-0.25, -0.2) is 14.6 Å². The number of sulfonamides is 1. The van der Waals surface area contributed by atoms with E-state index in [2.05, 4.69) is 25.1 Å². The molecule has 4 heterocycles. The second-order valence-corrected chi connectivity index (χ2v) is 12.2. The summed E-state index contributed by atoms with van der Waals surface area (Å²) < 4.78 is 81.6. The van der Waals surface area contributed by atoms with Gasteiger partial charge < -0.3 is 14.8 Å². The van der Waals surface area contributed by atoms with Gasteiger partial charge in [0.15, 0.2) is 5.03 Å². The second-order valence-electron chi connectivity index (χ2n) is 10.6. The molecule has 3 aromatic heterocycles. The number of hydrogen-bond donors (Lipinski definition) is 2. The molecule has 14 heteroatoms. The quantitative estimate of drug-likeness (QED) is 0.310. The number of halogens is 3. The first-order chi connectivity index (χ1) is 20.4. The molecule has 0 aliphatic carbocycles. The van der Waals surface area contributed by atoms with Crippen molar-refractivity contribution in [3.8, 4) is 22.8 Å². The number of anilines is 2. The smallest absolute Gasteiger partial charge is 0.397 e. The standard InChI is InChI=1S/C29H31F3N6O4S/c1-28(2,29(30,31)32)19-42-25-14-16-38(36-25)22-12-13-24-35-27(22)21-9-4-3-7-20(21)8-6-17-41-18-15-33-23-10-5-11-26(34-23)43(39,40)37-24/h3-5,7,9-14,16H,6,8,15,17-19H2,1-2H3,(H,33,34)(H,35,37). The minimum absolute atomic E-state index is 0.00331. The first kappa shape index (κ1) is 30.3. The number of benzene rings is 1. The average Bonchev–Trinajstić information content (AvgIpc) is 3.44. The van der Waals surface area contributed by atoms with Crippen molar-refractivity contribution in [3.05, 3.63) is 72.4 Å². The number of aryl methyl sites for hydroxylation is 1. The summed E-state index contributed by atoms with van der Waals surface area (Å²) in [5, 5.41) is 7.23. The van der Waals surface area contributed by atoms with Crippen molar-refractivity contribution in [2.24, 2.45) is 5.41 Å². The summed E-state index contributed by atoms with van der Waals surface area (Å²) in [7, 11) is -4.10. The van der Waals surface area contributed by atoms with Gasteiger partial charge in [-0.05, 0) is 56.5 Å². The van der Waals surface area contributed by atoms with Gasteiger partial charge in [0.05, 0.1) is 23.4 Å². The SMILES string of the molecule is CC(C)(COc1ccn(-c2ccc3nc2-c2ccccc2CCCOCCNc2cccc(n2)S(=O)(=O)N3)n1)C(F)(F)F. The van der Waals surface area contributed by atoms with Gasteiger partial charge in [0.1, 0.15) is 18.2 Å². The van der Waals surface area contributed by atoms with Crippen LogP contribution in [0.25, 0.3) is 16.9 Å². The number of ether oxygens (including phenoxy) is 2.